The summed E-state index contributed by atoms with van der Waals surface area (Å²) in [5, 5.41) is 8.72. The number of hydrogen-bond donors (Lipinski definition) is 1. The van der Waals surface area contributed by atoms with Crippen LogP contribution in [0.25, 0.3) is 0 Å². The van der Waals surface area contributed by atoms with E-state index in [2.05, 4.69) is 0 Å². The maximum absolute atomic E-state index is 13.1. The molecule has 1 aromatic carbocycles. The quantitative estimate of drug-likeness (QED) is 0.845. The molecule has 0 saturated heterocycles. The Kier molecular flexibility index (Phi) is 3.62. The summed E-state index contributed by atoms with van der Waals surface area (Å²) in [5.41, 5.74) is -1.89. The van der Waals surface area contributed by atoms with Crippen molar-refractivity contribution in [3.63, 3.8) is 0 Å². The van der Waals surface area contributed by atoms with Crippen molar-refractivity contribution in [2.45, 2.75) is 25.4 Å². The van der Waals surface area contributed by atoms with Crippen molar-refractivity contribution in [3.05, 3.63) is 29.6 Å². The van der Waals surface area contributed by atoms with Crippen molar-refractivity contribution in [2.75, 3.05) is 6.61 Å². The highest BCUT2D eigenvalue weighted by Crippen LogP contribution is 2.49. The Morgan fingerprint density at radius 3 is 2.50 bits per heavy atom. The Balaban J connectivity index is 2.06. The molecule has 1 N–H and O–H groups in total. The van der Waals surface area contributed by atoms with Gasteiger partial charge in [0.2, 0.25) is 0 Å². The minimum Gasteiger partial charge on any atom is -0.493 e. The zero-order valence-electron chi connectivity index (χ0n) is 10.3. The molecule has 0 spiro atoms. The predicted molar refractivity (Wildman–Crippen MR) is 60.8 cm³/mol. The maximum atomic E-state index is 13.1. The lowest BCUT2D eigenvalue weighted by molar-refractivity contribution is -0.140. The second-order valence-corrected chi connectivity index (χ2v) is 5.00. The average Bonchev–Trinajstić information content (AvgIpc) is 3.06. The molecular formula is C13H12F4O3. The highest BCUT2D eigenvalue weighted by Gasteiger charge is 2.45. The third-order valence-electron chi connectivity index (χ3n) is 3.27. The largest absolute Gasteiger partial charge is 0.493 e. The van der Waals surface area contributed by atoms with E-state index in [1.807, 2.05) is 0 Å². The Bertz CT molecular complexity index is 521. The molecule has 3 nitrogen and oxygen atoms in total. The van der Waals surface area contributed by atoms with Gasteiger partial charge in [-0.25, -0.2) is 4.39 Å². The first-order chi connectivity index (χ1) is 9.22. The molecule has 1 fully saturated rings. The van der Waals surface area contributed by atoms with Crippen LogP contribution in [-0.2, 0) is 11.0 Å². The van der Waals surface area contributed by atoms with Crippen LogP contribution in [0.5, 0.6) is 5.75 Å². The molecule has 0 heterocycles. The fraction of sp³-hybridized carbons (Fsp3) is 0.462. The molecule has 0 unspecified atom stereocenters. The van der Waals surface area contributed by atoms with Crippen LogP contribution in [-0.4, -0.2) is 17.7 Å². The molecule has 1 aliphatic carbocycles. The maximum Gasteiger partial charge on any atom is 0.419 e. The smallest absolute Gasteiger partial charge is 0.419 e. The molecule has 1 aliphatic rings. The summed E-state index contributed by atoms with van der Waals surface area (Å²) in [6.07, 6.45) is -3.55. The zero-order valence-corrected chi connectivity index (χ0v) is 10.3. The molecule has 1 aromatic rings. The van der Waals surface area contributed by atoms with Crippen LogP contribution >= 0.6 is 0 Å². The van der Waals surface area contributed by atoms with E-state index in [0.29, 0.717) is 25.0 Å². The molecule has 20 heavy (non-hydrogen) atoms. The second-order valence-electron chi connectivity index (χ2n) is 5.00. The first kappa shape index (κ1) is 14.6. The molecular weight excluding hydrogens is 280 g/mol. The van der Waals surface area contributed by atoms with E-state index < -0.39 is 28.9 Å². The van der Waals surface area contributed by atoms with Gasteiger partial charge in [-0.15, -0.1) is 0 Å². The van der Waals surface area contributed by atoms with Gasteiger partial charge in [-0.2, -0.15) is 13.2 Å². The van der Waals surface area contributed by atoms with E-state index in [-0.39, 0.29) is 18.8 Å². The van der Waals surface area contributed by atoms with Crippen molar-refractivity contribution >= 4 is 5.97 Å². The van der Waals surface area contributed by atoms with Gasteiger partial charge < -0.3 is 9.84 Å². The van der Waals surface area contributed by atoms with Gasteiger partial charge in [0.1, 0.15) is 11.6 Å². The fourth-order valence-electron chi connectivity index (χ4n) is 1.92. The van der Waals surface area contributed by atoms with E-state index in [9.17, 15) is 22.4 Å². The number of halogens is 4. The average molecular weight is 292 g/mol. The number of carbonyl (C=O) groups is 1. The molecule has 2 rings (SSSR count). The Hall–Kier alpha value is -1.79. The second kappa shape index (κ2) is 4.96. The van der Waals surface area contributed by atoms with E-state index in [0.717, 1.165) is 6.07 Å². The molecule has 0 amide bonds. The summed E-state index contributed by atoms with van der Waals surface area (Å²) < 4.78 is 55.8. The highest BCUT2D eigenvalue weighted by molar-refractivity contribution is 5.68. The van der Waals surface area contributed by atoms with E-state index in [1.165, 1.54) is 0 Å². The summed E-state index contributed by atoms with van der Waals surface area (Å²) in [6.45, 7) is 0.0161. The minimum atomic E-state index is -4.79. The zero-order chi connectivity index (χ0) is 15.0. The number of carboxylic acids is 1. The van der Waals surface area contributed by atoms with Gasteiger partial charge in [-0.05, 0) is 31.0 Å². The highest BCUT2D eigenvalue weighted by atomic mass is 19.4. The van der Waals surface area contributed by atoms with Gasteiger partial charge >= 0.3 is 12.1 Å². The molecule has 0 bridgehead atoms. The first-order valence-electron chi connectivity index (χ1n) is 5.93. The number of carboxylic acid groups (broad SMARTS) is 1. The molecule has 0 radical (unpaired) electrons. The van der Waals surface area contributed by atoms with Gasteiger partial charge in [-0.3, -0.25) is 4.79 Å². The van der Waals surface area contributed by atoms with Crippen molar-refractivity contribution in [2.24, 2.45) is 5.41 Å². The number of aliphatic carboxylic acids is 1. The van der Waals surface area contributed by atoms with Crippen molar-refractivity contribution in [3.8, 4) is 5.75 Å². The van der Waals surface area contributed by atoms with Crippen molar-refractivity contribution < 1.29 is 32.2 Å². The standard InChI is InChI=1S/C13H12F4O3/c14-10-2-1-8(5-9(10)13(15,16)17)20-7-12(3-4-12)6-11(18)19/h1-2,5H,3-4,6-7H2,(H,18,19). The van der Waals surface area contributed by atoms with E-state index in [4.69, 9.17) is 9.84 Å². The van der Waals surface area contributed by atoms with Crippen LogP contribution in [0.4, 0.5) is 17.6 Å². The Morgan fingerprint density at radius 1 is 1.35 bits per heavy atom. The SMILES string of the molecule is O=C(O)CC1(COc2ccc(F)c(C(F)(F)F)c2)CC1. The van der Waals surface area contributed by atoms with Crippen LogP contribution in [0.2, 0.25) is 0 Å². The topological polar surface area (TPSA) is 46.5 Å². The third kappa shape index (κ3) is 3.40. The predicted octanol–water partition coefficient (Wildman–Crippen LogP) is 3.48. The van der Waals surface area contributed by atoms with E-state index in [1.54, 1.807) is 0 Å². The Labute approximate surface area is 112 Å². The summed E-state index contributed by atoms with van der Waals surface area (Å²) >= 11 is 0. The molecule has 1 saturated carbocycles. The molecule has 110 valence electrons. The third-order valence-corrected chi connectivity index (χ3v) is 3.27. The lowest BCUT2D eigenvalue weighted by atomic mass is 10.0. The van der Waals surface area contributed by atoms with Gasteiger partial charge in [0.15, 0.2) is 0 Å². The molecule has 0 aromatic heterocycles. The number of benzene rings is 1. The number of alkyl halides is 3. The number of hydrogen-bond acceptors (Lipinski definition) is 2. The number of ether oxygens (including phenoxy) is 1. The van der Waals surface area contributed by atoms with Crippen molar-refractivity contribution in [1.29, 1.82) is 0 Å². The normalized spacial score (nSPS) is 16.8. The molecule has 0 aliphatic heterocycles. The monoisotopic (exact) mass is 292 g/mol. The molecule has 0 atom stereocenters. The van der Waals surface area contributed by atoms with E-state index >= 15 is 0 Å². The summed E-state index contributed by atoms with van der Waals surface area (Å²) in [7, 11) is 0. The van der Waals surface area contributed by atoms with Gasteiger partial charge in [-0.1, -0.05) is 0 Å². The van der Waals surface area contributed by atoms with Gasteiger partial charge in [0, 0.05) is 5.41 Å². The summed E-state index contributed by atoms with van der Waals surface area (Å²) in [6, 6.07) is 2.38. The summed E-state index contributed by atoms with van der Waals surface area (Å²) in [5.74, 6) is -2.45. The lowest BCUT2D eigenvalue weighted by Gasteiger charge is -2.15. The Morgan fingerprint density at radius 2 is 2.00 bits per heavy atom. The number of rotatable bonds is 5. The molecule has 7 heteroatoms. The lowest BCUT2D eigenvalue weighted by Crippen LogP contribution is -2.17. The van der Waals surface area contributed by atoms with Crippen LogP contribution in [0, 0.1) is 11.2 Å². The van der Waals surface area contributed by atoms with Gasteiger partial charge in [0.25, 0.3) is 0 Å². The van der Waals surface area contributed by atoms with Gasteiger partial charge in [0.05, 0.1) is 18.6 Å². The summed E-state index contributed by atoms with van der Waals surface area (Å²) in [4.78, 5) is 10.6. The fourth-order valence-corrected chi connectivity index (χ4v) is 1.92. The minimum absolute atomic E-state index is 0.0161. The van der Waals surface area contributed by atoms with Crippen LogP contribution in [0.1, 0.15) is 24.8 Å². The van der Waals surface area contributed by atoms with Crippen LogP contribution < -0.4 is 4.74 Å². The first-order valence-corrected chi connectivity index (χ1v) is 5.93. The van der Waals surface area contributed by atoms with Crippen LogP contribution in [0.15, 0.2) is 18.2 Å². The van der Waals surface area contributed by atoms with Crippen LogP contribution in [0.3, 0.4) is 0 Å². The van der Waals surface area contributed by atoms with Crippen molar-refractivity contribution in [1.82, 2.24) is 0 Å².